The lowest BCUT2D eigenvalue weighted by Gasteiger charge is -2.16. The first-order valence-corrected chi connectivity index (χ1v) is 10.5. The maximum absolute atomic E-state index is 13.2. The van der Waals surface area contributed by atoms with Gasteiger partial charge in [-0.05, 0) is 67.4 Å². The van der Waals surface area contributed by atoms with Crippen LogP contribution in [-0.4, -0.2) is 25.8 Å². The third kappa shape index (κ3) is 5.06. The van der Waals surface area contributed by atoms with Gasteiger partial charge in [0.05, 0.1) is 22.6 Å². The molecule has 0 aliphatic rings. The smallest absolute Gasteiger partial charge is 0.353 e. The Morgan fingerprint density at radius 3 is 2.51 bits per heavy atom. The van der Waals surface area contributed by atoms with Gasteiger partial charge in [0, 0.05) is 36.6 Å². The van der Waals surface area contributed by atoms with Crippen molar-refractivity contribution in [1.29, 1.82) is 5.41 Å². The summed E-state index contributed by atoms with van der Waals surface area (Å²) < 4.78 is 42.7. The Bertz CT molecular complexity index is 1470. The Morgan fingerprint density at radius 1 is 1.06 bits per heavy atom. The van der Waals surface area contributed by atoms with Crippen molar-refractivity contribution >= 4 is 17.6 Å². The van der Waals surface area contributed by atoms with Crippen molar-refractivity contribution in [3.05, 3.63) is 106 Å². The van der Waals surface area contributed by atoms with Gasteiger partial charge in [0.25, 0.3) is 0 Å². The largest absolute Gasteiger partial charge is 0.416 e. The van der Waals surface area contributed by atoms with Crippen LogP contribution in [0.2, 0.25) is 0 Å². The van der Waals surface area contributed by atoms with E-state index in [1.807, 2.05) is 37.4 Å². The van der Waals surface area contributed by atoms with Crippen LogP contribution < -0.4 is 10.7 Å². The highest BCUT2D eigenvalue weighted by Crippen LogP contribution is 2.31. The van der Waals surface area contributed by atoms with Crippen molar-refractivity contribution in [2.24, 2.45) is 0 Å². The van der Waals surface area contributed by atoms with Crippen LogP contribution in [0.25, 0.3) is 17.1 Å². The third-order valence-electron chi connectivity index (χ3n) is 5.31. The zero-order valence-electron chi connectivity index (χ0n) is 18.8. The highest BCUT2D eigenvalue weighted by molar-refractivity contribution is 5.92. The number of allylic oxidation sites excluding steroid dienone is 1. The maximum atomic E-state index is 13.2. The first-order valence-electron chi connectivity index (χ1n) is 10.5. The molecule has 0 bridgehead atoms. The molecule has 10 heteroatoms. The molecular formula is C25H21F3N6O. The number of rotatable bonds is 6. The summed E-state index contributed by atoms with van der Waals surface area (Å²) in [5.41, 5.74) is 1.70. The monoisotopic (exact) mass is 478 g/mol. The van der Waals surface area contributed by atoms with Gasteiger partial charge in [-0.3, -0.25) is 4.79 Å². The number of nitrogens with zero attached hydrogens (tertiary/aromatic N) is 4. The molecule has 178 valence electrons. The van der Waals surface area contributed by atoms with E-state index in [0.29, 0.717) is 11.3 Å². The number of hydrogen-bond acceptors (Lipinski definition) is 5. The van der Waals surface area contributed by atoms with E-state index in [1.54, 1.807) is 17.8 Å². The van der Waals surface area contributed by atoms with Gasteiger partial charge in [-0.1, -0.05) is 6.07 Å². The highest BCUT2D eigenvalue weighted by atomic mass is 19.4. The van der Waals surface area contributed by atoms with Crippen LogP contribution in [-0.2, 0) is 6.18 Å². The second kappa shape index (κ2) is 9.41. The molecule has 4 rings (SSSR count). The fourth-order valence-electron chi connectivity index (χ4n) is 3.51. The van der Waals surface area contributed by atoms with E-state index in [-0.39, 0.29) is 17.1 Å². The molecule has 0 unspecified atom stereocenters. The van der Waals surface area contributed by atoms with Crippen molar-refractivity contribution in [2.45, 2.75) is 20.0 Å². The van der Waals surface area contributed by atoms with Crippen LogP contribution in [0, 0.1) is 12.3 Å². The lowest BCUT2D eigenvalue weighted by Crippen LogP contribution is -2.20. The molecule has 0 spiro atoms. The molecule has 7 nitrogen and oxygen atoms in total. The zero-order valence-corrected chi connectivity index (χ0v) is 18.8. The van der Waals surface area contributed by atoms with Crippen LogP contribution in [0.3, 0.4) is 0 Å². The molecule has 35 heavy (non-hydrogen) atoms. The van der Waals surface area contributed by atoms with Gasteiger partial charge in [0.15, 0.2) is 5.69 Å². The first-order chi connectivity index (χ1) is 16.7. The summed E-state index contributed by atoms with van der Waals surface area (Å²) >= 11 is 0. The van der Waals surface area contributed by atoms with E-state index >= 15 is 0 Å². The molecule has 0 saturated heterocycles. The number of alkyl halides is 3. The van der Waals surface area contributed by atoms with E-state index in [2.05, 4.69) is 15.5 Å². The summed E-state index contributed by atoms with van der Waals surface area (Å²) in [5, 5.41) is 19.2. The first kappa shape index (κ1) is 23.7. The summed E-state index contributed by atoms with van der Waals surface area (Å²) in [6, 6.07) is 13.4. The standard InChI is InChI=1S/C25H21F3N6O/c1-16-13-20(33-11-4-10-30-33)7-8-21(16)34-12-9-22(35)24(32-34)23(17(2)15-29)31-19-6-3-5-18(14-19)25(26,27)28/h3-15,29,31H,1-2H3/b23-17-,29-15?. The molecule has 0 saturated carbocycles. The molecule has 0 aliphatic heterocycles. The highest BCUT2D eigenvalue weighted by Gasteiger charge is 2.30. The Morgan fingerprint density at radius 2 is 1.86 bits per heavy atom. The van der Waals surface area contributed by atoms with E-state index in [4.69, 9.17) is 5.41 Å². The average molecular weight is 478 g/mol. The lowest BCUT2D eigenvalue weighted by molar-refractivity contribution is -0.137. The molecule has 0 aliphatic carbocycles. The third-order valence-corrected chi connectivity index (χ3v) is 5.31. The summed E-state index contributed by atoms with van der Waals surface area (Å²) in [6.45, 7) is 3.47. The van der Waals surface area contributed by atoms with Crippen molar-refractivity contribution in [2.75, 3.05) is 5.32 Å². The van der Waals surface area contributed by atoms with Crippen LogP contribution in [0.15, 0.2) is 83.6 Å². The zero-order chi connectivity index (χ0) is 25.2. The minimum Gasteiger partial charge on any atom is -0.353 e. The normalized spacial score (nSPS) is 12.3. The van der Waals surface area contributed by atoms with Crippen molar-refractivity contribution < 1.29 is 13.2 Å². The number of aromatic nitrogens is 4. The number of aryl methyl sites for hydroxylation is 1. The molecule has 0 atom stereocenters. The van der Waals surface area contributed by atoms with Crippen LogP contribution in [0.1, 0.15) is 23.7 Å². The van der Waals surface area contributed by atoms with Gasteiger partial charge in [0.1, 0.15) is 0 Å². The minimum atomic E-state index is -4.52. The number of hydrogen-bond donors (Lipinski definition) is 2. The van der Waals surface area contributed by atoms with Crippen molar-refractivity contribution in [3.63, 3.8) is 0 Å². The Kier molecular flexibility index (Phi) is 6.37. The fraction of sp³-hybridized carbons (Fsp3) is 0.120. The van der Waals surface area contributed by atoms with Gasteiger partial charge >= 0.3 is 6.18 Å². The Balaban J connectivity index is 1.76. The van der Waals surface area contributed by atoms with Crippen molar-refractivity contribution in [3.8, 4) is 11.4 Å². The molecule has 4 aromatic rings. The maximum Gasteiger partial charge on any atom is 0.416 e. The van der Waals surface area contributed by atoms with E-state index in [0.717, 1.165) is 29.6 Å². The average Bonchev–Trinajstić information content (AvgIpc) is 3.37. The second-order valence-electron chi connectivity index (χ2n) is 7.80. The molecule has 0 amide bonds. The van der Waals surface area contributed by atoms with Crippen LogP contribution >= 0.6 is 0 Å². The van der Waals surface area contributed by atoms with Crippen LogP contribution in [0.5, 0.6) is 0 Å². The number of anilines is 1. The van der Waals surface area contributed by atoms with Crippen molar-refractivity contribution in [1.82, 2.24) is 19.6 Å². The molecular weight excluding hydrogens is 457 g/mol. The second-order valence-corrected chi connectivity index (χ2v) is 7.80. The van der Waals surface area contributed by atoms with E-state index in [1.165, 1.54) is 29.1 Å². The van der Waals surface area contributed by atoms with Gasteiger partial charge in [-0.25, -0.2) is 9.36 Å². The molecule has 0 fully saturated rings. The predicted molar refractivity (Wildman–Crippen MR) is 128 cm³/mol. The Labute approximate surface area is 198 Å². The summed E-state index contributed by atoms with van der Waals surface area (Å²) in [4.78, 5) is 12.8. The van der Waals surface area contributed by atoms with Gasteiger partial charge in [-0.2, -0.15) is 23.4 Å². The van der Waals surface area contributed by atoms with Gasteiger partial charge in [0.2, 0.25) is 5.43 Å². The van der Waals surface area contributed by atoms with E-state index in [9.17, 15) is 18.0 Å². The summed E-state index contributed by atoms with van der Waals surface area (Å²) in [5.74, 6) is 0. The molecule has 2 aromatic carbocycles. The Hall–Kier alpha value is -4.47. The molecule has 2 heterocycles. The topological polar surface area (TPSA) is 88.6 Å². The predicted octanol–water partition coefficient (Wildman–Crippen LogP) is 5.24. The lowest BCUT2D eigenvalue weighted by atomic mass is 10.1. The fourth-order valence-corrected chi connectivity index (χ4v) is 3.51. The summed E-state index contributed by atoms with van der Waals surface area (Å²) in [6.07, 6.45) is 1.51. The molecule has 2 N–H and O–H groups in total. The van der Waals surface area contributed by atoms with E-state index < -0.39 is 17.2 Å². The molecule has 0 radical (unpaired) electrons. The number of benzene rings is 2. The van der Waals surface area contributed by atoms with Crippen LogP contribution in [0.4, 0.5) is 18.9 Å². The quantitative estimate of drug-likeness (QED) is 0.371. The molecule has 2 aromatic heterocycles. The number of nitrogens with one attached hydrogen (secondary N) is 2. The SMILES string of the molecule is C/C(C=N)=C(/Nc1cccc(C(F)(F)F)c1)c1nn(-c2ccc(-n3cccn3)cc2C)ccc1=O. The van der Waals surface area contributed by atoms with Gasteiger partial charge < -0.3 is 10.7 Å². The minimum absolute atomic E-state index is 0.0264. The summed E-state index contributed by atoms with van der Waals surface area (Å²) in [7, 11) is 0. The number of halogens is 3. The van der Waals surface area contributed by atoms with Gasteiger partial charge in [-0.15, -0.1) is 0 Å².